The molecule has 0 aromatic rings. The van der Waals surface area contributed by atoms with E-state index in [0.717, 1.165) is 19.6 Å². The lowest BCUT2D eigenvalue weighted by Gasteiger charge is -2.25. The van der Waals surface area contributed by atoms with Gasteiger partial charge in [-0.25, -0.2) is 0 Å². The Hall–Kier alpha value is -0.520. The van der Waals surface area contributed by atoms with Crippen LogP contribution in [0.3, 0.4) is 0 Å². The van der Waals surface area contributed by atoms with Gasteiger partial charge in [-0.15, -0.1) is 6.42 Å². The molecular weight excluding hydrogens is 174 g/mol. The summed E-state index contributed by atoms with van der Waals surface area (Å²) < 4.78 is 5.42. The molecule has 2 atom stereocenters. The van der Waals surface area contributed by atoms with Crippen molar-refractivity contribution in [3.05, 3.63) is 0 Å². The minimum absolute atomic E-state index is 0.169. The van der Waals surface area contributed by atoms with E-state index in [-0.39, 0.29) is 6.04 Å². The highest BCUT2D eigenvalue weighted by molar-refractivity contribution is 4.99. The fourth-order valence-electron chi connectivity index (χ4n) is 1.22. The van der Waals surface area contributed by atoms with Crippen molar-refractivity contribution in [3.8, 4) is 12.3 Å². The molecular formula is C12H23NO. The van der Waals surface area contributed by atoms with Gasteiger partial charge in [-0.1, -0.05) is 26.7 Å². The molecule has 14 heavy (non-hydrogen) atoms. The molecule has 0 fully saturated rings. The van der Waals surface area contributed by atoms with E-state index in [9.17, 15) is 0 Å². The van der Waals surface area contributed by atoms with Crippen LogP contribution in [0.5, 0.6) is 0 Å². The Balaban J connectivity index is 4.02. The van der Waals surface area contributed by atoms with Gasteiger partial charge in [0.2, 0.25) is 0 Å². The van der Waals surface area contributed by atoms with Crippen LogP contribution >= 0.6 is 0 Å². The van der Waals surface area contributed by atoms with Crippen LogP contribution in [0.4, 0.5) is 0 Å². The second-order valence-corrected chi connectivity index (χ2v) is 3.80. The maximum Gasteiger partial charge on any atom is 0.0687 e. The third-order valence-electron chi connectivity index (χ3n) is 2.33. The summed E-state index contributed by atoms with van der Waals surface area (Å²) in [6.07, 6.45) is 6.37. The molecule has 1 N–H and O–H groups in total. The van der Waals surface area contributed by atoms with E-state index in [4.69, 9.17) is 11.2 Å². The van der Waals surface area contributed by atoms with E-state index in [2.05, 4.69) is 32.0 Å². The molecule has 0 spiro atoms. The average Bonchev–Trinajstić information content (AvgIpc) is 2.18. The second kappa shape index (κ2) is 7.84. The third kappa shape index (κ3) is 5.26. The molecule has 0 saturated carbocycles. The van der Waals surface area contributed by atoms with Gasteiger partial charge in [0.25, 0.3) is 0 Å². The van der Waals surface area contributed by atoms with Gasteiger partial charge in [0.15, 0.2) is 0 Å². The molecule has 0 aromatic heterocycles. The summed E-state index contributed by atoms with van der Waals surface area (Å²) in [6, 6.07) is 0.527. The highest BCUT2D eigenvalue weighted by Gasteiger charge is 2.15. The second-order valence-electron chi connectivity index (χ2n) is 3.80. The normalized spacial score (nSPS) is 15.1. The van der Waals surface area contributed by atoms with Crippen molar-refractivity contribution in [1.82, 2.24) is 5.32 Å². The lowest BCUT2D eigenvalue weighted by molar-refractivity contribution is 0.106. The molecule has 2 heteroatoms. The number of rotatable bonds is 7. The smallest absolute Gasteiger partial charge is 0.0687 e. The summed E-state index contributed by atoms with van der Waals surface area (Å²) in [7, 11) is 0. The summed E-state index contributed by atoms with van der Waals surface area (Å²) in [5.41, 5.74) is 0. The topological polar surface area (TPSA) is 21.3 Å². The predicted octanol–water partition coefficient (Wildman–Crippen LogP) is 2.05. The lowest BCUT2D eigenvalue weighted by Crippen LogP contribution is -2.43. The first kappa shape index (κ1) is 13.5. The molecule has 0 aliphatic carbocycles. The third-order valence-corrected chi connectivity index (χ3v) is 2.33. The van der Waals surface area contributed by atoms with Gasteiger partial charge in [-0.3, -0.25) is 5.32 Å². The molecule has 2 unspecified atom stereocenters. The Labute approximate surface area is 88.4 Å². The van der Waals surface area contributed by atoms with Gasteiger partial charge in [-0.2, -0.15) is 0 Å². The average molecular weight is 197 g/mol. The van der Waals surface area contributed by atoms with Crippen molar-refractivity contribution >= 4 is 0 Å². The molecule has 0 rings (SSSR count). The molecule has 0 aliphatic heterocycles. The van der Waals surface area contributed by atoms with Crippen LogP contribution in [0, 0.1) is 18.3 Å². The van der Waals surface area contributed by atoms with Crippen LogP contribution in [-0.2, 0) is 4.74 Å². The first-order valence-electron chi connectivity index (χ1n) is 5.45. The van der Waals surface area contributed by atoms with Gasteiger partial charge in [0.05, 0.1) is 12.6 Å². The molecule has 82 valence electrons. The van der Waals surface area contributed by atoms with Crippen molar-refractivity contribution in [1.29, 1.82) is 0 Å². The summed E-state index contributed by atoms with van der Waals surface area (Å²) in [5.74, 6) is 3.29. The van der Waals surface area contributed by atoms with Gasteiger partial charge in [0, 0.05) is 12.6 Å². The number of hydrogen-bond donors (Lipinski definition) is 1. The molecule has 0 amide bonds. The van der Waals surface area contributed by atoms with Crippen LogP contribution in [0.25, 0.3) is 0 Å². The van der Waals surface area contributed by atoms with Gasteiger partial charge >= 0.3 is 0 Å². The van der Waals surface area contributed by atoms with Crippen molar-refractivity contribution < 1.29 is 4.74 Å². The van der Waals surface area contributed by atoms with Crippen molar-refractivity contribution in [2.45, 2.75) is 46.2 Å². The van der Waals surface area contributed by atoms with Gasteiger partial charge < -0.3 is 4.74 Å². The zero-order valence-corrected chi connectivity index (χ0v) is 9.84. The Morgan fingerprint density at radius 2 is 2.00 bits per heavy atom. The minimum Gasteiger partial charge on any atom is -0.380 e. The van der Waals surface area contributed by atoms with Crippen molar-refractivity contribution in [3.63, 3.8) is 0 Å². The zero-order valence-electron chi connectivity index (χ0n) is 9.84. The first-order chi connectivity index (χ1) is 6.65. The van der Waals surface area contributed by atoms with Crippen molar-refractivity contribution in [2.75, 3.05) is 13.2 Å². The monoisotopic (exact) mass is 197 g/mol. The van der Waals surface area contributed by atoms with E-state index in [0.29, 0.717) is 12.0 Å². The number of ether oxygens (including phenoxy) is 1. The highest BCUT2D eigenvalue weighted by Crippen LogP contribution is 2.04. The Morgan fingerprint density at radius 1 is 1.36 bits per heavy atom. The standard InChI is InChI=1S/C12H23NO/c1-6-11(7-2)13-12(10(4)5)9-14-8-3/h1,10-13H,7-9H2,2-5H3. The fraction of sp³-hybridized carbons (Fsp3) is 0.833. The summed E-state index contributed by atoms with van der Waals surface area (Å²) in [6.45, 7) is 9.97. The fourth-order valence-corrected chi connectivity index (χ4v) is 1.22. The first-order valence-corrected chi connectivity index (χ1v) is 5.45. The van der Waals surface area contributed by atoms with Crippen LogP contribution in [0.2, 0.25) is 0 Å². The number of nitrogens with one attached hydrogen (secondary N) is 1. The van der Waals surface area contributed by atoms with E-state index >= 15 is 0 Å². The van der Waals surface area contributed by atoms with Crippen LogP contribution < -0.4 is 5.32 Å². The zero-order chi connectivity index (χ0) is 11.0. The van der Waals surface area contributed by atoms with Gasteiger partial charge in [-0.05, 0) is 19.3 Å². The predicted molar refractivity (Wildman–Crippen MR) is 61.2 cm³/mol. The van der Waals surface area contributed by atoms with E-state index in [1.807, 2.05) is 6.92 Å². The van der Waals surface area contributed by atoms with Crippen LogP contribution in [0.15, 0.2) is 0 Å². The Kier molecular flexibility index (Phi) is 7.55. The van der Waals surface area contributed by atoms with Crippen LogP contribution in [0.1, 0.15) is 34.1 Å². The minimum atomic E-state index is 0.169. The Morgan fingerprint density at radius 3 is 2.36 bits per heavy atom. The van der Waals surface area contributed by atoms with E-state index in [1.54, 1.807) is 0 Å². The van der Waals surface area contributed by atoms with Crippen LogP contribution in [-0.4, -0.2) is 25.3 Å². The molecule has 0 bridgehead atoms. The SMILES string of the molecule is C#CC(CC)NC(COCC)C(C)C. The maximum absolute atomic E-state index is 5.42. The lowest BCUT2D eigenvalue weighted by atomic mass is 10.0. The molecule has 0 radical (unpaired) electrons. The maximum atomic E-state index is 5.42. The summed E-state index contributed by atoms with van der Waals surface area (Å²) in [5, 5.41) is 3.43. The number of terminal acetylenes is 1. The quantitative estimate of drug-likeness (QED) is 0.631. The molecule has 2 nitrogen and oxygen atoms in total. The van der Waals surface area contributed by atoms with Gasteiger partial charge in [0.1, 0.15) is 0 Å². The highest BCUT2D eigenvalue weighted by atomic mass is 16.5. The molecule has 0 aliphatic rings. The van der Waals surface area contributed by atoms with E-state index < -0.39 is 0 Å². The molecule has 0 saturated heterocycles. The van der Waals surface area contributed by atoms with Crippen molar-refractivity contribution in [2.24, 2.45) is 5.92 Å². The Bertz CT molecular complexity index is 172. The van der Waals surface area contributed by atoms with E-state index in [1.165, 1.54) is 0 Å². The summed E-state index contributed by atoms with van der Waals surface area (Å²) >= 11 is 0. The molecule has 0 heterocycles. The number of hydrogen-bond acceptors (Lipinski definition) is 2. The largest absolute Gasteiger partial charge is 0.380 e. The molecule has 0 aromatic carbocycles. The summed E-state index contributed by atoms with van der Waals surface area (Å²) in [4.78, 5) is 0.